The number of carbonyl (C=O) groups excluding carboxylic acids is 1. The van der Waals surface area contributed by atoms with E-state index in [-0.39, 0.29) is 23.6 Å². The lowest BCUT2D eigenvalue weighted by Crippen LogP contribution is -2.26. The molecule has 1 heterocycles. The quantitative estimate of drug-likeness (QED) is 0.568. The Hall–Kier alpha value is -3.60. The summed E-state index contributed by atoms with van der Waals surface area (Å²) in [4.78, 5) is 13.5. The number of benzene rings is 3. The molecule has 2 N–H and O–H groups in total. The standard InChI is InChI=1S/C26H23FN2O2/c1-31-20-6-4-5-17(13-20)26-25-23(28-21-7-2-3-8-22(21)29-26)14-18(15-24(25)30)16-9-11-19(27)12-10-16/h2-13,18,26,28-29H,14-15H2,1H3/t18-,26-/m1/s1. The molecule has 5 heteroatoms. The van der Waals surface area contributed by atoms with Gasteiger partial charge in [-0.3, -0.25) is 4.79 Å². The molecule has 2 atom stereocenters. The first-order chi connectivity index (χ1) is 15.1. The number of hydrogen-bond donors (Lipinski definition) is 2. The summed E-state index contributed by atoms with van der Waals surface area (Å²) in [6.45, 7) is 0. The van der Waals surface area contributed by atoms with Gasteiger partial charge in [0.25, 0.3) is 0 Å². The molecule has 0 saturated heterocycles. The van der Waals surface area contributed by atoms with Crippen LogP contribution in [0.15, 0.2) is 84.1 Å². The van der Waals surface area contributed by atoms with Crippen LogP contribution in [0.3, 0.4) is 0 Å². The van der Waals surface area contributed by atoms with Crippen LogP contribution in [0.2, 0.25) is 0 Å². The van der Waals surface area contributed by atoms with E-state index in [2.05, 4.69) is 10.6 Å². The van der Waals surface area contributed by atoms with Gasteiger partial charge in [-0.2, -0.15) is 0 Å². The van der Waals surface area contributed by atoms with Crippen LogP contribution in [0, 0.1) is 5.82 Å². The molecule has 3 aromatic carbocycles. The molecule has 0 fully saturated rings. The molecule has 0 amide bonds. The van der Waals surface area contributed by atoms with Crippen LogP contribution in [-0.4, -0.2) is 12.9 Å². The highest BCUT2D eigenvalue weighted by Gasteiger charge is 2.36. The summed E-state index contributed by atoms with van der Waals surface area (Å²) >= 11 is 0. The molecule has 1 aliphatic carbocycles. The number of Topliss-reactive ketones (excluding diaryl/α,β-unsaturated/α-hetero) is 1. The normalized spacial score (nSPS) is 20.1. The van der Waals surface area contributed by atoms with E-state index >= 15 is 0 Å². The Bertz CT molecular complexity index is 1170. The van der Waals surface area contributed by atoms with E-state index in [1.165, 1.54) is 12.1 Å². The SMILES string of the molecule is COc1cccc([C@H]2Nc3ccccc3NC3=C2C(=O)C[C@H](c2ccc(F)cc2)C3)c1. The molecule has 31 heavy (non-hydrogen) atoms. The van der Waals surface area contributed by atoms with Crippen LogP contribution in [0.4, 0.5) is 15.8 Å². The van der Waals surface area contributed by atoms with Crippen molar-refractivity contribution in [3.63, 3.8) is 0 Å². The van der Waals surface area contributed by atoms with Gasteiger partial charge in [-0.15, -0.1) is 0 Å². The van der Waals surface area contributed by atoms with Crippen molar-refractivity contribution in [1.82, 2.24) is 0 Å². The minimum absolute atomic E-state index is 0.00979. The molecule has 0 spiro atoms. The van der Waals surface area contributed by atoms with Crippen LogP contribution >= 0.6 is 0 Å². The lowest BCUT2D eigenvalue weighted by atomic mass is 9.78. The predicted molar refractivity (Wildman–Crippen MR) is 120 cm³/mol. The van der Waals surface area contributed by atoms with Crippen molar-refractivity contribution in [2.75, 3.05) is 17.7 Å². The van der Waals surface area contributed by atoms with E-state index in [4.69, 9.17) is 4.74 Å². The highest BCUT2D eigenvalue weighted by atomic mass is 19.1. The molecular formula is C26H23FN2O2. The highest BCUT2D eigenvalue weighted by molar-refractivity contribution is 6.01. The Kier molecular flexibility index (Phi) is 4.94. The zero-order valence-electron chi connectivity index (χ0n) is 17.2. The maximum absolute atomic E-state index is 13.5. The summed E-state index contributed by atoms with van der Waals surface area (Å²) in [5, 5.41) is 7.09. The van der Waals surface area contributed by atoms with E-state index in [0.29, 0.717) is 12.8 Å². The van der Waals surface area contributed by atoms with Crippen molar-refractivity contribution in [2.45, 2.75) is 24.8 Å². The minimum atomic E-state index is -0.289. The molecule has 4 nitrogen and oxygen atoms in total. The zero-order valence-corrected chi connectivity index (χ0v) is 17.2. The summed E-state index contributed by atoms with van der Waals surface area (Å²) in [6.07, 6.45) is 1.08. The monoisotopic (exact) mass is 414 g/mol. The van der Waals surface area contributed by atoms with Crippen LogP contribution < -0.4 is 15.4 Å². The maximum atomic E-state index is 13.5. The lowest BCUT2D eigenvalue weighted by Gasteiger charge is -2.30. The second kappa shape index (κ2) is 7.91. The van der Waals surface area contributed by atoms with E-state index in [0.717, 1.165) is 39.5 Å². The van der Waals surface area contributed by atoms with Crippen molar-refractivity contribution >= 4 is 17.2 Å². The van der Waals surface area contributed by atoms with Gasteiger partial charge < -0.3 is 15.4 Å². The Balaban J connectivity index is 1.60. The summed E-state index contributed by atoms with van der Waals surface area (Å²) in [7, 11) is 1.64. The van der Waals surface area contributed by atoms with E-state index < -0.39 is 0 Å². The molecule has 1 aliphatic heterocycles. The number of methoxy groups -OCH3 is 1. The smallest absolute Gasteiger partial charge is 0.163 e. The number of rotatable bonds is 3. The number of ketones is 1. The van der Waals surface area contributed by atoms with Crippen LogP contribution in [0.25, 0.3) is 0 Å². The van der Waals surface area contributed by atoms with E-state index in [1.54, 1.807) is 19.2 Å². The summed E-state index contributed by atoms with van der Waals surface area (Å²) in [6, 6.07) is 22.0. The highest BCUT2D eigenvalue weighted by Crippen LogP contribution is 2.44. The third kappa shape index (κ3) is 3.67. The van der Waals surface area contributed by atoms with Crippen molar-refractivity contribution in [2.24, 2.45) is 0 Å². The van der Waals surface area contributed by atoms with E-state index in [1.807, 2.05) is 48.5 Å². The van der Waals surface area contributed by atoms with Crippen LogP contribution in [-0.2, 0) is 4.79 Å². The van der Waals surface area contributed by atoms with Crippen LogP contribution in [0.5, 0.6) is 5.75 Å². The van der Waals surface area contributed by atoms with Crippen molar-refractivity contribution < 1.29 is 13.9 Å². The van der Waals surface area contributed by atoms with Gasteiger partial charge in [0, 0.05) is 17.7 Å². The predicted octanol–water partition coefficient (Wildman–Crippen LogP) is 5.81. The van der Waals surface area contributed by atoms with Crippen molar-refractivity contribution in [3.05, 3.63) is 101 Å². The minimum Gasteiger partial charge on any atom is -0.497 e. The largest absolute Gasteiger partial charge is 0.497 e. The second-order valence-electron chi connectivity index (χ2n) is 8.00. The van der Waals surface area contributed by atoms with Gasteiger partial charge >= 0.3 is 0 Å². The van der Waals surface area contributed by atoms with Gasteiger partial charge in [0.05, 0.1) is 24.5 Å². The number of para-hydroxylation sites is 2. The number of halogens is 1. The summed E-state index contributed by atoms with van der Waals surface area (Å²) in [5.41, 5.74) is 5.49. The number of fused-ring (bicyclic) bond motifs is 1. The fraction of sp³-hybridized carbons (Fsp3) is 0.192. The summed E-state index contributed by atoms with van der Waals surface area (Å²) in [5.74, 6) is 0.584. The molecule has 0 bridgehead atoms. The molecular weight excluding hydrogens is 391 g/mol. The average molecular weight is 414 g/mol. The summed E-state index contributed by atoms with van der Waals surface area (Å²) < 4.78 is 18.8. The van der Waals surface area contributed by atoms with Gasteiger partial charge in [-0.25, -0.2) is 4.39 Å². The molecule has 0 radical (unpaired) electrons. The van der Waals surface area contributed by atoms with Gasteiger partial charge in [-0.1, -0.05) is 36.4 Å². The van der Waals surface area contributed by atoms with Crippen molar-refractivity contribution in [1.29, 1.82) is 0 Å². The Morgan fingerprint density at radius 2 is 1.68 bits per heavy atom. The third-order valence-corrected chi connectivity index (χ3v) is 6.08. The Morgan fingerprint density at radius 1 is 0.903 bits per heavy atom. The fourth-order valence-electron chi connectivity index (χ4n) is 4.53. The van der Waals surface area contributed by atoms with Gasteiger partial charge in [0.2, 0.25) is 0 Å². The molecule has 0 aromatic heterocycles. The van der Waals surface area contributed by atoms with Gasteiger partial charge in [0.1, 0.15) is 11.6 Å². The third-order valence-electron chi connectivity index (χ3n) is 6.08. The van der Waals surface area contributed by atoms with E-state index in [9.17, 15) is 9.18 Å². The maximum Gasteiger partial charge on any atom is 0.163 e. The molecule has 0 unspecified atom stereocenters. The van der Waals surface area contributed by atoms with Crippen molar-refractivity contribution in [3.8, 4) is 5.75 Å². The number of nitrogens with one attached hydrogen (secondary N) is 2. The molecule has 3 aromatic rings. The van der Waals surface area contributed by atoms with Crippen LogP contribution in [0.1, 0.15) is 35.9 Å². The zero-order chi connectivity index (χ0) is 21.4. The first-order valence-electron chi connectivity index (χ1n) is 10.4. The Morgan fingerprint density at radius 3 is 2.45 bits per heavy atom. The van der Waals surface area contributed by atoms with Gasteiger partial charge in [-0.05, 0) is 59.9 Å². The number of hydrogen-bond acceptors (Lipinski definition) is 4. The topological polar surface area (TPSA) is 50.4 Å². The number of allylic oxidation sites excluding steroid dienone is 1. The second-order valence-corrected chi connectivity index (χ2v) is 8.00. The fourth-order valence-corrected chi connectivity index (χ4v) is 4.53. The first-order valence-corrected chi connectivity index (χ1v) is 10.4. The lowest BCUT2D eigenvalue weighted by molar-refractivity contribution is -0.116. The Labute approximate surface area is 180 Å². The molecule has 156 valence electrons. The van der Waals surface area contributed by atoms with Gasteiger partial charge in [0.15, 0.2) is 5.78 Å². The number of anilines is 2. The average Bonchev–Trinajstić information content (AvgIpc) is 2.96. The molecule has 0 saturated carbocycles. The molecule has 2 aliphatic rings. The number of carbonyl (C=O) groups is 1. The molecule has 5 rings (SSSR count). The first kappa shape index (κ1) is 19.4. The number of ether oxygens (including phenoxy) is 1.